The summed E-state index contributed by atoms with van der Waals surface area (Å²) < 4.78 is 0. The lowest BCUT2D eigenvalue weighted by atomic mass is 10.2. The molecule has 1 rings (SSSR count). The van der Waals surface area contributed by atoms with Crippen LogP contribution in [0.1, 0.15) is 32.3 Å². The molecule has 0 spiro atoms. The summed E-state index contributed by atoms with van der Waals surface area (Å²) in [5, 5.41) is 15.3. The Bertz CT molecular complexity index is 361. The smallest absolute Gasteiger partial charge is 0.220 e. The minimum absolute atomic E-state index is 0.0635. The van der Waals surface area contributed by atoms with Crippen LogP contribution in [-0.4, -0.2) is 23.6 Å². The molecule has 0 fully saturated rings. The van der Waals surface area contributed by atoms with Crippen LogP contribution in [0, 0.1) is 0 Å². The van der Waals surface area contributed by atoms with Crippen LogP contribution in [0.5, 0.6) is 5.75 Å². The normalized spacial score (nSPS) is 10.6. The highest BCUT2D eigenvalue weighted by Gasteiger charge is 2.01. The van der Waals surface area contributed by atoms with Gasteiger partial charge in [-0.15, -0.1) is 0 Å². The van der Waals surface area contributed by atoms with Crippen molar-refractivity contribution in [3.8, 4) is 5.75 Å². The van der Waals surface area contributed by atoms with Gasteiger partial charge >= 0.3 is 0 Å². The predicted octanol–water partition coefficient (Wildman–Crippen LogP) is 1.79. The summed E-state index contributed by atoms with van der Waals surface area (Å²) in [6, 6.07) is 7.30. The Morgan fingerprint density at radius 2 is 1.94 bits per heavy atom. The summed E-state index contributed by atoms with van der Waals surface area (Å²) >= 11 is 0. The molecule has 18 heavy (non-hydrogen) atoms. The number of rotatable bonds is 7. The summed E-state index contributed by atoms with van der Waals surface area (Å²) in [4.78, 5) is 11.5. The van der Waals surface area contributed by atoms with Gasteiger partial charge in [-0.05, 0) is 30.7 Å². The number of carbonyl (C=O) groups excluding carboxylic acids is 1. The van der Waals surface area contributed by atoms with Gasteiger partial charge in [0, 0.05) is 19.0 Å². The molecule has 1 aromatic carbocycles. The fourth-order valence-electron chi connectivity index (χ4n) is 1.54. The molecule has 4 nitrogen and oxygen atoms in total. The molecule has 3 N–H and O–H groups in total. The molecular formula is C14H22N2O2. The van der Waals surface area contributed by atoms with Crippen molar-refractivity contribution >= 4 is 5.91 Å². The summed E-state index contributed by atoms with van der Waals surface area (Å²) in [6.45, 7) is 5.55. The van der Waals surface area contributed by atoms with E-state index in [1.165, 1.54) is 0 Å². The lowest BCUT2D eigenvalue weighted by molar-refractivity contribution is -0.121. The molecule has 0 radical (unpaired) electrons. The minimum Gasteiger partial charge on any atom is -0.508 e. The Balaban J connectivity index is 2.15. The van der Waals surface area contributed by atoms with Crippen LogP contribution in [-0.2, 0) is 11.3 Å². The molecule has 4 heteroatoms. The van der Waals surface area contributed by atoms with Gasteiger partial charge in [0.05, 0.1) is 0 Å². The zero-order valence-corrected chi connectivity index (χ0v) is 11.1. The van der Waals surface area contributed by atoms with Crippen LogP contribution in [0.25, 0.3) is 0 Å². The van der Waals surface area contributed by atoms with Crippen molar-refractivity contribution in [2.75, 3.05) is 6.54 Å². The average molecular weight is 250 g/mol. The first kappa shape index (κ1) is 14.5. The van der Waals surface area contributed by atoms with Gasteiger partial charge in [0.25, 0.3) is 0 Å². The van der Waals surface area contributed by atoms with Crippen molar-refractivity contribution in [2.45, 2.75) is 39.3 Å². The summed E-state index contributed by atoms with van der Waals surface area (Å²) in [7, 11) is 0. The predicted molar refractivity (Wildman–Crippen MR) is 72.3 cm³/mol. The van der Waals surface area contributed by atoms with E-state index in [1.54, 1.807) is 24.3 Å². The molecule has 100 valence electrons. The van der Waals surface area contributed by atoms with Gasteiger partial charge < -0.3 is 15.7 Å². The summed E-state index contributed by atoms with van der Waals surface area (Å²) in [6.07, 6.45) is 1.39. The van der Waals surface area contributed by atoms with Crippen molar-refractivity contribution in [1.29, 1.82) is 0 Å². The highest BCUT2D eigenvalue weighted by atomic mass is 16.3. The van der Waals surface area contributed by atoms with Crippen molar-refractivity contribution in [2.24, 2.45) is 0 Å². The van der Waals surface area contributed by atoms with E-state index >= 15 is 0 Å². The molecule has 1 aromatic rings. The average Bonchev–Trinajstić information content (AvgIpc) is 2.34. The van der Waals surface area contributed by atoms with Crippen molar-refractivity contribution in [3.05, 3.63) is 29.8 Å². The van der Waals surface area contributed by atoms with Gasteiger partial charge in [-0.25, -0.2) is 0 Å². The zero-order chi connectivity index (χ0) is 13.4. The number of phenolic OH excluding ortho intramolecular Hbond substituents is 1. The molecule has 0 bridgehead atoms. The first-order chi connectivity index (χ1) is 8.58. The molecule has 0 saturated heterocycles. The molecule has 0 atom stereocenters. The lowest BCUT2D eigenvalue weighted by Gasteiger charge is -2.08. The molecular weight excluding hydrogens is 228 g/mol. The van der Waals surface area contributed by atoms with Crippen molar-refractivity contribution < 1.29 is 9.90 Å². The molecule has 0 heterocycles. The van der Waals surface area contributed by atoms with Gasteiger partial charge in [-0.1, -0.05) is 26.0 Å². The molecule has 1 amide bonds. The molecule has 0 unspecified atom stereocenters. The van der Waals surface area contributed by atoms with E-state index in [0.29, 0.717) is 19.0 Å². The van der Waals surface area contributed by atoms with Crippen LogP contribution in [0.4, 0.5) is 0 Å². The number of phenols is 1. The maximum absolute atomic E-state index is 11.5. The lowest BCUT2D eigenvalue weighted by Crippen LogP contribution is -2.27. The Morgan fingerprint density at radius 1 is 1.28 bits per heavy atom. The van der Waals surface area contributed by atoms with Crippen LogP contribution in [0.15, 0.2) is 24.3 Å². The van der Waals surface area contributed by atoms with E-state index in [4.69, 9.17) is 5.11 Å². The third kappa shape index (κ3) is 6.25. The number of amides is 1. The fourth-order valence-corrected chi connectivity index (χ4v) is 1.54. The van der Waals surface area contributed by atoms with E-state index in [0.717, 1.165) is 18.5 Å². The van der Waals surface area contributed by atoms with Crippen molar-refractivity contribution in [3.63, 3.8) is 0 Å². The SMILES string of the molecule is CC(C)NCCCC(=O)NCc1ccc(O)cc1. The fraction of sp³-hybridized carbons (Fsp3) is 0.500. The zero-order valence-electron chi connectivity index (χ0n) is 11.1. The summed E-state index contributed by atoms with van der Waals surface area (Å²) in [5.74, 6) is 0.304. The van der Waals surface area contributed by atoms with Gasteiger partial charge in [0.1, 0.15) is 5.75 Å². The number of benzene rings is 1. The Morgan fingerprint density at radius 3 is 2.56 bits per heavy atom. The van der Waals surface area contributed by atoms with E-state index in [9.17, 15) is 4.79 Å². The first-order valence-electron chi connectivity index (χ1n) is 6.36. The quantitative estimate of drug-likeness (QED) is 0.646. The maximum atomic E-state index is 11.5. The number of nitrogens with one attached hydrogen (secondary N) is 2. The third-order valence-corrected chi connectivity index (χ3v) is 2.56. The van der Waals surface area contributed by atoms with Gasteiger partial charge in [-0.3, -0.25) is 4.79 Å². The number of hydrogen-bond acceptors (Lipinski definition) is 3. The standard InChI is InChI=1S/C14H22N2O2/c1-11(2)15-9-3-4-14(18)16-10-12-5-7-13(17)8-6-12/h5-8,11,15,17H,3-4,9-10H2,1-2H3,(H,16,18). The topological polar surface area (TPSA) is 61.4 Å². The molecule has 0 aromatic heterocycles. The van der Waals surface area contributed by atoms with E-state index < -0.39 is 0 Å². The molecule has 0 aliphatic rings. The van der Waals surface area contributed by atoms with E-state index in [2.05, 4.69) is 24.5 Å². The molecule has 0 aliphatic heterocycles. The minimum atomic E-state index is 0.0635. The highest BCUT2D eigenvalue weighted by Crippen LogP contribution is 2.09. The largest absolute Gasteiger partial charge is 0.508 e. The first-order valence-corrected chi connectivity index (χ1v) is 6.36. The molecule has 0 aliphatic carbocycles. The second-order valence-corrected chi connectivity index (χ2v) is 4.66. The van der Waals surface area contributed by atoms with Crippen LogP contribution in [0.3, 0.4) is 0 Å². The van der Waals surface area contributed by atoms with E-state index in [-0.39, 0.29) is 11.7 Å². The number of aromatic hydroxyl groups is 1. The number of carbonyl (C=O) groups is 1. The summed E-state index contributed by atoms with van der Waals surface area (Å²) in [5.41, 5.74) is 0.987. The van der Waals surface area contributed by atoms with Gasteiger partial charge in [0.15, 0.2) is 0 Å². The monoisotopic (exact) mass is 250 g/mol. The van der Waals surface area contributed by atoms with E-state index in [1.807, 2.05) is 0 Å². The number of hydrogen-bond donors (Lipinski definition) is 3. The third-order valence-electron chi connectivity index (χ3n) is 2.56. The second kappa shape index (κ2) is 7.71. The molecule has 0 saturated carbocycles. The maximum Gasteiger partial charge on any atom is 0.220 e. The highest BCUT2D eigenvalue weighted by molar-refractivity contribution is 5.75. The second-order valence-electron chi connectivity index (χ2n) is 4.66. The van der Waals surface area contributed by atoms with Gasteiger partial charge in [0.2, 0.25) is 5.91 Å². The Hall–Kier alpha value is -1.55. The Labute approximate surface area is 108 Å². The van der Waals surface area contributed by atoms with Crippen LogP contribution < -0.4 is 10.6 Å². The van der Waals surface area contributed by atoms with Crippen LogP contribution in [0.2, 0.25) is 0 Å². The Kier molecular flexibility index (Phi) is 6.22. The van der Waals surface area contributed by atoms with Gasteiger partial charge in [-0.2, -0.15) is 0 Å². The van der Waals surface area contributed by atoms with Crippen molar-refractivity contribution in [1.82, 2.24) is 10.6 Å². The van der Waals surface area contributed by atoms with Crippen LogP contribution >= 0.6 is 0 Å².